The Bertz CT molecular complexity index is 477. The SMILES string of the molecule is CCOC(=O)C1C(C)=C2C=CC(F)(F)C=C2N1C. The highest BCUT2D eigenvalue weighted by Crippen LogP contribution is 2.39. The Kier molecular flexibility index (Phi) is 3.00. The molecule has 0 radical (unpaired) electrons. The van der Waals surface area contributed by atoms with Gasteiger partial charge in [-0.3, -0.25) is 0 Å². The normalized spacial score (nSPS) is 25.1. The molecule has 2 rings (SSSR count). The summed E-state index contributed by atoms with van der Waals surface area (Å²) in [4.78, 5) is 13.4. The van der Waals surface area contributed by atoms with Gasteiger partial charge in [0, 0.05) is 18.8 Å². The van der Waals surface area contributed by atoms with E-state index in [2.05, 4.69) is 0 Å². The maximum absolute atomic E-state index is 13.3. The number of alkyl halides is 2. The fraction of sp³-hybridized carbons (Fsp3) is 0.462. The van der Waals surface area contributed by atoms with Crippen LogP contribution in [0.2, 0.25) is 0 Å². The summed E-state index contributed by atoms with van der Waals surface area (Å²) in [5, 5.41) is 0. The van der Waals surface area contributed by atoms with Crippen molar-refractivity contribution in [2.75, 3.05) is 13.7 Å². The molecule has 0 aromatic carbocycles. The van der Waals surface area contributed by atoms with Crippen LogP contribution in [0.15, 0.2) is 35.1 Å². The lowest BCUT2D eigenvalue weighted by Gasteiger charge is -2.25. The maximum Gasteiger partial charge on any atom is 0.333 e. The van der Waals surface area contributed by atoms with Crippen molar-refractivity contribution < 1.29 is 18.3 Å². The van der Waals surface area contributed by atoms with Crippen molar-refractivity contribution in [1.29, 1.82) is 0 Å². The third-order valence-corrected chi connectivity index (χ3v) is 3.19. The van der Waals surface area contributed by atoms with Gasteiger partial charge in [0.15, 0.2) is 0 Å². The Morgan fingerprint density at radius 2 is 2.22 bits per heavy atom. The molecule has 5 heteroatoms. The molecule has 98 valence electrons. The topological polar surface area (TPSA) is 29.5 Å². The number of hydrogen-bond donors (Lipinski definition) is 0. The van der Waals surface area contributed by atoms with Crippen LogP contribution in [0.3, 0.4) is 0 Å². The number of halogens is 2. The van der Waals surface area contributed by atoms with Crippen LogP contribution >= 0.6 is 0 Å². The molecule has 0 aromatic rings. The Labute approximate surface area is 104 Å². The van der Waals surface area contributed by atoms with Crippen LogP contribution in [-0.2, 0) is 9.53 Å². The van der Waals surface area contributed by atoms with Crippen molar-refractivity contribution in [1.82, 2.24) is 4.90 Å². The highest BCUT2D eigenvalue weighted by atomic mass is 19.3. The van der Waals surface area contributed by atoms with Gasteiger partial charge in [-0.15, -0.1) is 0 Å². The molecule has 0 saturated carbocycles. The minimum absolute atomic E-state index is 0.275. The van der Waals surface area contributed by atoms with Crippen molar-refractivity contribution in [3.8, 4) is 0 Å². The molecule has 1 unspecified atom stereocenters. The van der Waals surface area contributed by atoms with Gasteiger partial charge < -0.3 is 9.64 Å². The van der Waals surface area contributed by atoms with Crippen LogP contribution < -0.4 is 0 Å². The quantitative estimate of drug-likeness (QED) is 0.709. The van der Waals surface area contributed by atoms with Gasteiger partial charge in [-0.05, 0) is 31.1 Å². The zero-order valence-corrected chi connectivity index (χ0v) is 10.5. The molecular weight excluding hydrogens is 240 g/mol. The van der Waals surface area contributed by atoms with Crippen LogP contribution in [0, 0.1) is 0 Å². The number of carbonyl (C=O) groups is 1. The van der Waals surface area contributed by atoms with Gasteiger partial charge in [-0.25, -0.2) is 4.79 Å². The number of esters is 1. The van der Waals surface area contributed by atoms with Crippen LogP contribution in [0.25, 0.3) is 0 Å². The number of allylic oxidation sites excluding steroid dienone is 3. The van der Waals surface area contributed by atoms with Crippen LogP contribution in [0.5, 0.6) is 0 Å². The number of ether oxygens (including phenoxy) is 1. The number of likely N-dealkylation sites (N-methyl/N-ethyl adjacent to an activating group) is 1. The van der Waals surface area contributed by atoms with Crippen LogP contribution in [0.1, 0.15) is 13.8 Å². The van der Waals surface area contributed by atoms with Crippen LogP contribution in [-0.4, -0.2) is 36.5 Å². The molecule has 0 amide bonds. The van der Waals surface area contributed by atoms with Gasteiger partial charge in [0.1, 0.15) is 6.04 Å². The van der Waals surface area contributed by atoms with Gasteiger partial charge in [-0.1, -0.05) is 6.08 Å². The summed E-state index contributed by atoms with van der Waals surface area (Å²) in [6.45, 7) is 3.76. The van der Waals surface area contributed by atoms with Crippen molar-refractivity contribution in [3.63, 3.8) is 0 Å². The molecule has 1 heterocycles. The predicted octanol–water partition coefficient (Wildman–Crippen LogP) is 2.27. The lowest BCUT2D eigenvalue weighted by molar-refractivity contribution is -0.146. The molecule has 0 saturated heterocycles. The van der Waals surface area contributed by atoms with Crippen LogP contribution in [0.4, 0.5) is 8.78 Å². The zero-order chi connectivity index (χ0) is 13.5. The van der Waals surface area contributed by atoms with Gasteiger partial charge in [0.2, 0.25) is 0 Å². The lowest BCUT2D eigenvalue weighted by Crippen LogP contribution is -2.36. The van der Waals surface area contributed by atoms with Crippen molar-refractivity contribution in [2.24, 2.45) is 0 Å². The molecule has 1 atom stereocenters. The minimum atomic E-state index is -2.96. The minimum Gasteiger partial charge on any atom is -0.464 e. The second-order valence-electron chi connectivity index (χ2n) is 4.40. The van der Waals surface area contributed by atoms with E-state index in [1.54, 1.807) is 25.8 Å². The molecule has 3 nitrogen and oxygen atoms in total. The van der Waals surface area contributed by atoms with E-state index in [9.17, 15) is 13.6 Å². The van der Waals surface area contributed by atoms with Gasteiger partial charge in [0.25, 0.3) is 5.92 Å². The summed E-state index contributed by atoms with van der Waals surface area (Å²) in [5.74, 6) is -3.37. The number of hydrogen-bond acceptors (Lipinski definition) is 3. The second-order valence-corrected chi connectivity index (χ2v) is 4.40. The van der Waals surface area contributed by atoms with Gasteiger partial charge in [0.05, 0.1) is 6.61 Å². The third kappa shape index (κ3) is 1.94. The first kappa shape index (κ1) is 12.8. The van der Waals surface area contributed by atoms with E-state index in [4.69, 9.17) is 4.74 Å². The highest BCUT2D eigenvalue weighted by molar-refractivity contribution is 5.83. The third-order valence-electron chi connectivity index (χ3n) is 3.19. The standard InChI is InChI=1S/C13H15F2NO2/c1-4-18-12(17)11-8(2)9-5-6-13(14,15)7-10(9)16(11)3/h5-7,11H,4H2,1-3H3. The summed E-state index contributed by atoms with van der Waals surface area (Å²) < 4.78 is 31.6. The van der Waals surface area contributed by atoms with Crippen molar-refractivity contribution in [2.45, 2.75) is 25.8 Å². The van der Waals surface area contributed by atoms with E-state index in [0.717, 1.165) is 17.7 Å². The number of nitrogens with zero attached hydrogens (tertiary/aromatic N) is 1. The Balaban J connectivity index is 2.38. The summed E-state index contributed by atoms with van der Waals surface area (Å²) in [6.07, 6.45) is 3.10. The molecule has 18 heavy (non-hydrogen) atoms. The molecule has 1 aliphatic carbocycles. The fourth-order valence-electron chi connectivity index (χ4n) is 2.35. The first-order valence-electron chi connectivity index (χ1n) is 5.78. The smallest absolute Gasteiger partial charge is 0.333 e. The molecule has 0 spiro atoms. The van der Waals surface area contributed by atoms with E-state index in [0.29, 0.717) is 11.3 Å². The second kappa shape index (κ2) is 4.23. The number of fused-ring (bicyclic) bond motifs is 1. The Morgan fingerprint density at radius 1 is 1.56 bits per heavy atom. The van der Waals surface area contributed by atoms with E-state index in [1.165, 1.54) is 6.08 Å². The molecule has 2 aliphatic rings. The van der Waals surface area contributed by atoms with E-state index in [1.807, 2.05) is 0 Å². The average molecular weight is 255 g/mol. The van der Waals surface area contributed by atoms with Gasteiger partial charge >= 0.3 is 5.97 Å². The van der Waals surface area contributed by atoms with Crippen molar-refractivity contribution >= 4 is 5.97 Å². The van der Waals surface area contributed by atoms with E-state index < -0.39 is 17.9 Å². The molecule has 0 aromatic heterocycles. The number of rotatable bonds is 2. The monoisotopic (exact) mass is 255 g/mol. The van der Waals surface area contributed by atoms with E-state index in [-0.39, 0.29) is 6.61 Å². The molecule has 1 aliphatic heterocycles. The lowest BCUT2D eigenvalue weighted by atomic mass is 10.0. The van der Waals surface area contributed by atoms with Crippen molar-refractivity contribution in [3.05, 3.63) is 35.1 Å². The van der Waals surface area contributed by atoms with E-state index >= 15 is 0 Å². The number of carbonyl (C=O) groups excluding carboxylic acids is 1. The maximum atomic E-state index is 13.3. The first-order chi connectivity index (χ1) is 8.37. The largest absolute Gasteiger partial charge is 0.464 e. The Hall–Kier alpha value is -1.65. The molecule has 0 bridgehead atoms. The summed E-state index contributed by atoms with van der Waals surface area (Å²) in [5.41, 5.74) is 1.81. The summed E-state index contributed by atoms with van der Waals surface area (Å²) >= 11 is 0. The Morgan fingerprint density at radius 3 is 2.83 bits per heavy atom. The highest BCUT2D eigenvalue weighted by Gasteiger charge is 2.40. The molecule has 0 fully saturated rings. The van der Waals surface area contributed by atoms with Gasteiger partial charge in [-0.2, -0.15) is 8.78 Å². The zero-order valence-electron chi connectivity index (χ0n) is 10.5. The summed E-state index contributed by atoms with van der Waals surface area (Å²) in [6, 6.07) is -0.607. The predicted molar refractivity (Wildman–Crippen MR) is 63.1 cm³/mol. The average Bonchev–Trinajstić information content (AvgIpc) is 2.50. The first-order valence-corrected chi connectivity index (χ1v) is 5.78. The summed E-state index contributed by atoms with van der Waals surface area (Å²) in [7, 11) is 1.62. The fourth-order valence-corrected chi connectivity index (χ4v) is 2.35. The molecular formula is C13H15F2NO2. The molecule has 0 N–H and O–H groups in total.